The van der Waals surface area contributed by atoms with Crippen molar-refractivity contribution in [1.82, 2.24) is 9.59 Å². The molecule has 0 radical (unpaired) electrons. The zero-order valence-corrected chi connectivity index (χ0v) is 10.5. The molecule has 0 unspecified atom stereocenters. The van der Waals surface area contributed by atoms with E-state index >= 15 is 0 Å². The minimum atomic E-state index is -1.04. The summed E-state index contributed by atoms with van der Waals surface area (Å²) in [4.78, 5) is 15.6. The zero-order valence-electron chi connectivity index (χ0n) is 9.71. The predicted molar refractivity (Wildman–Crippen MR) is 66.9 cm³/mol. The molecule has 1 aromatic heterocycles. The molecular weight excluding hydrogens is 288 g/mol. The van der Waals surface area contributed by atoms with Crippen LogP contribution in [0.1, 0.15) is 11.3 Å². The Morgan fingerprint density at radius 2 is 2.10 bits per heavy atom. The molecule has 5 nitrogen and oxygen atoms in total. The molecule has 0 bridgehead atoms. The average molecular weight is 293 g/mol. The summed E-state index contributed by atoms with van der Waals surface area (Å²) in [6.45, 7) is 0. The number of benzene rings is 1. The highest BCUT2D eigenvalue weighted by molar-refractivity contribution is 7.03. The summed E-state index contributed by atoms with van der Waals surface area (Å²) in [5, 5.41) is 5.37. The number of hydrogen-bond acceptors (Lipinski definition) is 6. The van der Waals surface area contributed by atoms with E-state index in [-0.39, 0.29) is 17.2 Å². The molecule has 0 fully saturated rings. The summed E-state index contributed by atoms with van der Waals surface area (Å²) in [5.41, 5.74) is 0.673. The number of aliphatic imine (C=N–C) groups is 1. The normalized spacial score (nSPS) is 16.4. The highest BCUT2D eigenvalue weighted by atomic mass is 32.1. The summed E-state index contributed by atoms with van der Waals surface area (Å²) in [6.07, 6.45) is 1.40. The van der Waals surface area contributed by atoms with Gasteiger partial charge in [-0.1, -0.05) is 4.49 Å². The first-order valence-electron chi connectivity index (χ1n) is 5.38. The summed E-state index contributed by atoms with van der Waals surface area (Å²) < 4.78 is 34.5. The molecule has 0 N–H and O–H groups in total. The minimum Gasteiger partial charge on any atom is -0.402 e. The Balaban J connectivity index is 1.96. The lowest BCUT2D eigenvalue weighted by molar-refractivity contribution is -0.129. The van der Waals surface area contributed by atoms with Crippen LogP contribution in [-0.2, 0) is 9.53 Å². The summed E-state index contributed by atoms with van der Waals surface area (Å²) in [7, 11) is 0. The Labute approximate surface area is 115 Å². The molecule has 2 heterocycles. The van der Waals surface area contributed by atoms with E-state index in [2.05, 4.69) is 14.6 Å². The lowest BCUT2D eigenvalue weighted by Gasteiger charge is -1.99. The van der Waals surface area contributed by atoms with Crippen LogP contribution in [0.3, 0.4) is 0 Å². The molecule has 1 aliphatic rings. The maximum absolute atomic E-state index is 13.1. The van der Waals surface area contributed by atoms with E-state index in [1.807, 2.05) is 0 Å². The van der Waals surface area contributed by atoms with Gasteiger partial charge in [0.1, 0.15) is 5.69 Å². The first kappa shape index (κ1) is 12.5. The standard InChI is InChI=1S/C12H5F2N3O2S/c13-8-2-1-6(3-9(8)14)11-15-10(12(18)19-11)4-7-5-20-17-16-7/h1-5H/b10-4+. The Morgan fingerprint density at radius 1 is 1.25 bits per heavy atom. The zero-order chi connectivity index (χ0) is 14.1. The molecule has 0 saturated carbocycles. The number of halogens is 2. The Hall–Kier alpha value is -2.48. The van der Waals surface area contributed by atoms with Gasteiger partial charge in [0, 0.05) is 10.9 Å². The number of nitrogens with zero attached hydrogens (tertiary/aromatic N) is 3. The van der Waals surface area contributed by atoms with Crippen LogP contribution in [0.25, 0.3) is 6.08 Å². The molecule has 0 saturated heterocycles. The molecule has 0 amide bonds. The number of aromatic nitrogens is 2. The molecular formula is C12H5F2N3O2S. The fraction of sp³-hybridized carbons (Fsp3) is 0. The minimum absolute atomic E-state index is 0.0254. The van der Waals surface area contributed by atoms with Crippen LogP contribution in [0, 0.1) is 11.6 Å². The average Bonchev–Trinajstić information content (AvgIpc) is 3.04. The van der Waals surface area contributed by atoms with Crippen molar-refractivity contribution in [3.63, 3.8) is 0 Å². The molecule has 20 heavy (non-hydrogen) atoms. The van der Waals surface area contributed by atoms with E-state index in [0.717, 1.165) is 23.7 Å². The van der Waals surface area contributed by atoms with E-state index in [9.17, 15) is 13.6 Å². The Bertz CT molecular complexity index is 741. The van der Waals surface area contributed by atoms with Crippen molar-refractivity contribution >= 4 is 29.5 Å². The lowest BCUT2D eigenvalue weighted by atomic mass is 10.2. The van der Waals surface area contributed by atoms with Gasteiger partial charge in [0.15, 0.2) is 17.3 Å². The van der Waals surface area contributed by atoms with Crippen LogP contribution in [0.5, 0.6) is 0 Å². The third-order valence-electron chi connectivity index (χ3n) is 2.45. The van der Waals surface area contributed by atoms with E-state index in [0.29, 0.717) is 5.69 Å². The van der Waals surface area contributed by atoms with Crippen LogP contribution in [0.2, 0.25) is 0 Å². The molecule has 2 aromatic rings. The molecule has 3 rings (SSSR count). The van der Waals surface area contributed by atoms with Gasteiger partial charge in [0.2, 0.25) is 5.90 Å². The van der Waals surface area contributed by atoms with Gasteiger partial charge in [-0.2, -0.15) is 0 Å². The number of ether oxygens (including phenoxy) is 1. The molecule has 0 spiro atoms. The smallest absolute Gasteiger partial charge is 0.363 e. The highest BCUT2D eigenvalue weighted by Crippen LogP contribution is 2.19. The van der Waals surface area contributed by atoms with Crippen molar-refractivity contribution in [2.45, 2.75) is 0 Å². The lowest BCUT2D eigenvalue weighted by Crippen LogP contribution is -2.06. The van der Waals surface area contributed by atoms with Crippen LogP contribution in [0.4, 0.5) is 8.78 Å². The maximum atomic E-state index is 13.1. The summed E-state index contributed by atoms with van der Waals surface area (Å²) in [6, 6.07) is 3.12. The second kappa shape index (κ2) is 4.89. The van der Waals surface area contributed by atoms with Gasteiger partial charge in [0.25, 0.3) is 0 Å². The molecule has 1 aliphatic heterocycles. The maximum Gasteiger partial charge on any atom is 0.363 e. The van der Waals surface area contributed by atoms with Crippen molar-refractivity contribution in [2.24, 2.45) is 4.99 Å². The van der Waals surface area contributed by atoms with Crippen LogP contribution in [-0.4, -0.2) is 21.5 Å². The van der Waals surface area contributed by atoms with Crippen molar-refractivity contribution in [2.75, 3.05) is 0 Å². The number of esters is 1. The van der Waals surface area contributed by atoms with Crippen LogP contribution >= 0.6 is 11.5 Å². The summed E-state index contributed by atoms with van der Waals surface area (Å²) >= 11 is 1.13. The molecule has 8 heteroatoms. The van der Waals surface area contributed by atoms with E-state index in [1.54, 1.807) is 5.38 Å². The SMILES string of the molecule is O=C1OC(c2ccc(F)c(F)c2)=N/C1=C/c1csnn1. The number of carbonyl (C=O) groups is 1. The monoisotopic (exact) mass is 293 g/mol. The second-order valence-corrected chi connectivity index (χ2v) is 4.40. The number of rotatable bonds is 2. The fourth-order valence-corrected chi connectivity index (χ4v) is 1.95. The molecule has 1 aromatic carbocycles. The van der Waals surface area contributed by atoms with Crippen molar-refractivity contribution < 1.29 is 18.3 Å². The van der Waals surface area contributed by atoms with Gasteiger partial charge >= 0.3 is 5.97 Å². The van der Waals surface area contributed by atoms with E-state index in [4.69, 9.17) is 4.74 Å². The number of cyclic esters (lactones) is 1. The van der Waals surface area contributed by atoms with Crippen molar-refractivity contribution in [1.29, 1.82) is 0 Å². The quantitative estimate of drug-likeness (QED) is 0.628. The largest absolute Gasteiger partial charge is 0.402 e. The van der Waals surface area contributed by atoms with Gasteiger partial charge < -0.3 is 4.74 Å². The van der Waals surface area contributed by atoms with Crippen molar-refractivity contribution in [3.8, 4) is 0 Å². The highest BCUT2D eigenvalue weighted by Gasteiger charge is 2.25. The van der Waals surface area contributed by atoms with Crippen molar-refractivity contribution in [3.05, 3.63) is 52.2 Å². The third kappa shape index (κ3) is 2.32. The number of carbonyl (C=O) groups excluding carboxylic acids is 1. The van der Waals surface area contributed by atoms with Gasteiger partial charge in [-0.3, -0.25) is 0 Å². The topological polar surface area (TPSA) is 64.4 Å². The van der Waals surface area contributed by atoms with Gasteiger partial charge in [0.05, 0.1) is 0 Å². The van der Waals surface area contributed by atoms with Gasteiger partial charge in [-0.25, -0.2) is 18.6 Å². The molecule has 0 aliphatic carbocycles. The van der Waals surface area contributed by atoms with Gasteiger partial charge in [-0.05, 0) is 35.8 Å². The van der Waals surface area contributed by atoms with Crippen LogP contribution < -0.4 is 0 Å². The van der Waals surface area contributed by atoms with Crippen LogP contribution in [0.15, 0.2) is 34.3 Å². The van der Waals surface area contributed by atoms with E-state index in [1.165, 1.54) is 12.1 Å². The van der Waals surface area contributed by atoms with Gasteiger partial charge in [-0.15, -0.1) is 5.10 Å². The Morgan fingerprint density at radius 3 is 2.80 bits per heavy atom. The fourth-order valence-electron chi connectivity index (χ4n) is 1.54. The van der Waals surface area contributed by atoms with E-state index < -0.39 is 17.6 Å². The predicted octanol–water partition coefficient (Wildman–Crippen LogP) is 2.16. The number of hydrogen-bond donors (Lipinski definition) is 0. The summed E-state index contributed by atoms with van der Waals surface area (Å²) in [5.74, 6) is -2.79. The first-order chi connectivity index (χ1) is 9.63. The Kier molecular flexibility index (Phi) is 3.07. The third-order valence-corrected chi connectivity index (χ3v) is 2.97. The second-order valence-electron chi connectivity index (χ2n) is 3.79. The molecule has 100 valence electrons. The first-order valence-corrected chi connectivity index (χ1v) is 6.22. The molecule has 0 atom stereocenters.